The number of amides is 4. The number of carbonyl (C=O) groups is 6. The summed E-state index contributed by atoms with van der Waals surface area (Å²) >= 11 is 0. The molecule has 0 radical (unpaired) electrons. The van der Waals surface area contributed by atoms with Gasteiger partial charge in [-0.05, 0) is 222 Å². The Bertz CT molecular complexity index is 4920. The summed E-state index contributed by atoms with van der Waals surface area (Å²) in [5.41, 5.74) is -0.668. The van der Waals surface area contributed by atoms with Gasteiger partial charge in [-0.1, -0.05) is 126 Å². The first kappa shape index (κ1) is 67.2. The van der Waals surface area contributed by atoms with Gasteiger partial charge in [0.25, 0.3) is 23.6 Å². The van der Waals surface area contributed by atoms with E-state index in [1.54, 1.807) is 36.4 Å². The SMILES string of the molecule is CCC(C)(CC(C)C)c1ccc(-c2ccc(N3C(=O)c4ccc(C(=O)Oc5ccc(Oc6ccc(C7(c8ccc(Oc9ccc(OC(=O)c%10ccc%11c(c%10)C(=O)N(C(C)(C)CC)C%11=O)cc9)cc8)c8ccccc8-c8ccccc87)cc6)cc5)cc4C3=O)cc2C(F)(F)F)c(C(F)(F)F)c1. The van der Waals surface area contributed by atoms with Crippen LogP contribution < -0.4 is 23.8 Å². The van der Waals surface area contributed by atoms with Crippen LogP contribution in [0, 0.1) is 5.92 Å². The lowest BCUT2D eigenvalue weighted by molar-refractivity contribution is -0.139. The molecule has 3 aliphatic rings. The maximum atomic E-state index is 15.0. The zero-order valence-electron chi connectivity index (χ0n) is 55.2. The number of hydrogen-bond acceptors (Lipinski definition) is 10. The molecule has 0 bridgehead atoms. The maximum absolute atomic E-state index is 15.0. The standard InChI is InChI=1S/C82H64F6N2O10/c1-8-78(5,6)90-74(93)65-39-19-49(43-67(65)75(90)94)77(96)100-59-36-32-57(33-37-59)98-55-28-22-51(23-29-55)80(68-16-12-10-14-60(68)61-15-11-13-17-69(61)80)50-20-26-54(27-21-50)97-56-30-34-58(35-31-56)99-76(95)48-18-38-64-66(42-48)73(92)89(72(64)91)53-25-41-63(71(45-53)82(86,87)88)62-40-24-52(44-70(62)81(83,84)85)79(7,9-2)46-47(3)4/h10-45,47H,8-9,46H2,1-7H3. The molecular weight excluding hydrogens is 1290 g/mol. The van der Waals surface area contributed by atoms with Crippen molar-refractivity contribution < 1.29 is 74.1 Å². The highest BCUT2D eigenvalue weighted by Gasteiger charge is 2.48. The molecular formula is C82H64F6N2O10. The van der Waals surface area contributed by atoms with Gasteiger partial charge in [-0.15, -0.1) is 0 Å². The molecule has 100 heavy (non-hydrogen) atoms. The monoisotopic (exact) mass is 1350 g/mol. The topological polar surface area (TPSA) is 146 Å². The van der Waals surface area contributed by atoms with E-state index in [1.807, 2.05) is 121 Å². The Morgan fingerprint density at radius 3 is 1.26 bits per heavy atom. The molecule has 12 nitrogen and oxygen atoms in total. The quantitative estimate of drug-likeness (QED) is 0.0352. The normalized spacial score (nSPS) is 14.5. The summed E-state index contributed by atoms with van der Waals surface area (Å²) in [7, 11) is 0. The van der Waals surface area contributed by atoms with Crippen LogP contribution in [-0.4, -0.2) is 46.0 Å². The van der Waals surface area contributed by atoms with Crippen molar-refractivity contribution in [1.29, 1.82) is 0 Å². The summed E-state index contributed by atoms with van der Waals surface area (Å²) in [6.45, 7) is 13.1. The molecule has 2 heterocycles. The van der Waals surface area contributed by atoms with Crippen LogP contribution in [-0.2, 0) is 23.2 Å². The number of esters is 2. The van der Waals surface area contributed by atoms with E-state index in [2.05, 4.69) is 24.3 Å². The zero-order valence-corrected chi connectivity index (χ0v) is 55.2. The maximum Gasteiger partial charge on any atom is 0.417 e. The zero-order chi connectivity index (χ0) is 71.0. The lowest BCUT2D eigenvalue weighted by atomic mass is 9.68. The molecule has 1 atom stereocenters. The number of hydrogen-bond donors (Lipinski definition) is 0. The number of ether oxygens (including phenoxy) is 4. The Labute approximate surface area is 572 Å². The molecule has 0 spiro atoms. The van der Waals surface area contributed by atoms with Crippen molar-refractivity contribution in [2.45, 2.75) is 96.5 Å². The second kappa shape index (κ2) is 25.5. The fraction of sp³-hybridized carbons (Fsp3) is 0.195. The first-order valence-corrected chi connectivity index (χ1v) is 32.5. The molecule has 504 valence electrons. The fourth-order valence-corrected chi connectivity index (χ4v) is 13.9. The first-order chi connectivity index (χ1) is 47.6. The molecule has 0 aromatic heterocycles. The van der Waals surface area contributed by atoms with Crippen LogP contribution in [0.2, 0.25) is 0 Å². The number of alkyl halides is 6. The molecule has 18 heteroatoms. The van der Waals surface area contributed by atoms with Crippen molar-refractivity contribution in [3.05, 3.63) is 291 Å². The number of benzene rings is 10. The van der Waals surface area contributed by atoms with E-state index in [4.69, 9.17) is 18.9 Å². The van der Waals surface area contributed by atoms with Crippen LogP contribution in [0.5, 0.6) is 34.5 Å². The van der Waals surface area contributed by atoms with E-state index in [1.165, 1.54) is 53.4 Å². The first-order valence-electron chi connectivity index (χ1n) is 32.5. The van der Waals surface area contributed by atoms with Gasteiger partial charge in [-0.3, -0.25) is 24.1 Å². The van der Waals surface area contributed by atoms with Gasteiger partial charge in [0.2, 0.25) is 0 Å². The Hall–Kier alpha value is -11.4. The van der Waals surface area contributed by atoms with Crippen LogP contribution in [0.1, 0.15) is 169 Å². The second-order valence-corrected chi connectivity index (χ2v) is 26.4. The molecule has 13 rings (SSSR count). The number of anilines is 1. The minimum absolute atomic E-state index is 0.0839. The smallest absolute Gasteiger partial charge is 0.417 e. The summed E-state index contributed by atoms with van der Waals surface area (Å²) < 4.78 is 113. The molecule has 0 N–H and O–H groups in total. The summed E-state index contributed by atoms with van der Waals surface area (Å²) in [5, 5.41) is 0. The van der Waals surface area contributed by atoms with Crippen molar-refractivity contribution in [1.82, 2.24) is 4.90 Å². The Morgan fingerprint density at radius 2 is 0.810 bits per heavy atom. The van der Waals surface area contributed by atoms with E-state index in [9.17, 15) is 55.1 Å². The molecule has 1 aliphatic carbocycles. The highest BCUT2D eigenvalue weighted by atomic mass is 19.4. The highest BCUT2D eigenvalue weighted by Crippen LogP contribution is 2.57. The lowest BCUT2D eigenvalue weighted by Crippen LogP contribution is -2.47. The van der Waals surface area contributed by atoms with Crippen LogP contribution >= 0.6 is 0 Å². The third-order valence-corrected chi connectivity index (χ3v) is 19.3. The van der Waals surface area contributed by atoms with E-state index in [0.29, 0.717) is 58.8 Å². The number of rotatable bonds is 18. The summed E-state index contributed by atoms with van der Waals surface area (Å²) in [6, 6.07) is 58.3. The van der Waals surface area contributed by atoms with E-state index >= 15 is 0 Å². The number of halogens is 6. The molecule has 0 saturated carbocycles. The lowest BCUT2D eigenvalue weighted by Gasteiger charge is -2.34. The minimum atomic E-state index is -5.23. The molecule has 4 amide bonds. The van der Waals surface area contributed by atoms with Crippen LogP contribution in [0.25, 0.3) is 22.3 Å². The van der Waals surface area contributed by atoms with Crippen LogP contribution in [0.4, 0.5) is 32.0 Å². The fourth-order valence-electron chi connectivity index (χ4n) is 13.9. The van der Waals surface area contributed by atoms with Gasteiger partial charge in [-0.2, -0.15) is 26.3 Å². The van der Waals surface area contributed by atoms with Gasteiger partial charge in [0.05, 0.1) is 55.6 Å². The molecule has 2 aliphatic heterocycles. The van der Waals surface area contributed by atoms with E-state index in [0.717, 1.165) is 63.7 Å². The third-order valence-electron chi connectivity index (χ3n) is 19.3. The van der Waals surface area contributed by atoms with Gasteiger partial charge in [0.1, 0.15) is 34.5 Å². The van der Waals surface area contributed by atoms with Crippen molar-refractivity contribution in [3.63, 3.8) is 0 Å². The number of carbonyl (C=O) groups excluding carboxylic acids is 6. The summed E-state index contributed by atoms with van der Waals surface area (Å²) in [5.74, 6) is -2.21. The average Bonchev–Trinajstić information content (AvgIpc) is 1.52. The molecule has 0 saturated heterocycles. The number of nitrogens with zero attached hydrogens (tertiary/aromatic N) is 2. The molecule has 1 unspecified atom stereocenters. The van der Waals surface area contributed by atoms with Gasteiger partial charge in [0.15, 0.2) is 0 Å². The van der Waals surface area contributed by atoms with E-state index < -0.39 is 92.2 Å². The predicted octanol–water partition coefficient (Wildman–Crippen LogP) is 20.1. The summed E-state index contributed by atoms with van der Waals surface area (Å²) in [6.07, 6.45) is -8.69. The van der Waals surface area contributed by atoms with Crippen LogP contribution in [0.15, 0.2) is 218 Å². The van der Waals surface area contributed by atoms with Crippen molar-refractivity contribution in [3.8, 4) is 56.8 Å². The van der Waals surface area contributed by atoms with Crippen molar-refractivity contribution in [2.24, 2.45) is 5.92 Å². The Morgan fingerprint density at radius 1 is 0.420 bits per heavy atom. The van der Waals surface area contributed by atoms with Crippen LogP contribution in [0.3, 0.4) is 0 Å². The Kier molecular flexibility index (Phi) is 17.1. The largest absolute Gasteiger partial charge is 0.457 e. The third kappa shape index (κ3) is 12.0. The van der Waals surface area contributed by atoms with Gasteiger partial charge < -0.3 is 18.9 Å². The number of fused-ring (bicyclic) bond motifs is 5. The van der Waals surface area contributed by atoms with E-state index in [-0.39, 0.29) is 50.8 Å². The van der Waals surface area contributed by atoms with Crippen molar-refractivity contribution in [2.75, 3.05) is 4.90 Å². The molecule has 10 aromatic carbocycles. The number of imide groups is 2. The summed E-state index contributed by atoms with van der Waals surface area (Å²) in [4.78, 5) is 82.9. The van der Waals surface area contributed by atoms with Gasteiger partial charge >= 0.3 is 24.3 Å². The molecule has 10 aromatic rings. The van der Waals surface area contributed by atoms with Gasteiger partial charge in [-0.25, -0.2) is 14.5 Å². The molecule has 0 fully saturated rings. The minimum Gasteiger partial charge on any atom is -0.457 e. The Balaban J connectivity index is 0.683. The van der Waals surface area contributed by atoms with Gasteiger partial charge in [0, 0.05) is 5.54 Å². The van der Waals surface area contributed by atoms with Crippen molar-refractivity contribution >= 4 is 41.3 Å². The second-order valence-electron chi connectivity index (χ2n) is 26.4. The average molecular weight is 1350 g/mol. The highest BCUT2D eigenvalue weighted by molar-refractivity contribution is 6.35. The predicted molar refractivity (Wildman–Crippen MR) is 365 cm³/mol.